The van der Waals surface area contributed by atoms with Crippen molar-refractivity contribution in [3.63, 3.8) is 0 Å². The molecule has 0 spiro atoms. The second kappa shape index (κ2) is 5.43. The number of carbonyl (C=O) groups is 1. The summed E-state index contributed by atoms with van der Waals surface area (Å²) in [5, 5.41) is 4.13. The molecule has 4 atom stereocenters. The molecule has 3 aliphatic rings. The third-order valence-corrected chi connectivity index (χ3v) is 6.27. The Labute approximate surface area is 142 Å². The molecule has 0 aromatic carbocycles. The average Bonchev–Trinajstić information content (AvgIpc) is 3.10. The second-order valence-corrected chi connectivity index (χ2v) is 7.75. The molecule has 0 radical (unpaired) electrons. The molecule has 0 amide bonds. The molecule has 3 fully saturated rings. The molecule has 5 rings (SSSR count). The topological polar surface area (TPSA) is 57.0 Å². The molecule has 2 bridgehead atoms. The van der Waals surface area contributed by atoms with Gasteiger partial charge in [0.05, 0.1) is 5.56 Å². The molecule has 3 aliphatic carbocycles. The van der Waals surface area contributed by atoms with Crippen LogP contribution in [0.4, 0.5) is 0 Å². The van der Waals surface area contributed by atoms with Gasteiger partial charge in [0, 0.05) is 18.6 Å². The summed E-state index contributed by atoms with van der Waals surface area (Å²) in [6.45, 7) is 6.91. The fraction of sp³-hybridized carbons (Fsp3) is 0.526. The molecule has 24 heavy (non-hydrogen) atoms. The van der Waals surface area contributed by atoms with E-state index in [4.69, 9.17) is 4.74 Å². The van der Waals surface area contributed by atoms with E-state index in [1.165, 1.54) is 6.42 Å². The maximum Gasteiger partial charge on any atom is 0.339 e. The molecule has 0 unspecified atom stereocenters. The number of nitrogens with zero attached hydrogens (tertiary/aromatic N) is 3. The minimum Gasteiger partial charge on any atom is -0.458 e. The first-order valence-electron chi connectivity index (χ1n) is 8.64. The van der Waals surface area contributed by atoms with Crippen LogP contribution in [-0.4, -0.2) is 26.8 Å². The number of ether oxygens (including phenoxy) is 1. The highest BCUT2D eigenvalue weighted by Gasteiger charge is 2.57. The van der Waals surface area contributed by atoms with Crippen LogP contribution in [-0.2, 0) is 4.74 Å². The van der Waals surface area contributed by atoms with Crippen molar-refractivity contribution in [3.8, 4) is 5.82 Å². The first-order valence-corrected chi connectivity index (χ1v) is 8.64. The molecular weight excluding hydrogens is 302 g/mol. The third kappa shape index (κ3) is 2.34. The van der Waals surface area contributed by atoms with Crippen LogP contribution in [0.5, 0.6) is 0 Å². The standard InChI is InChI=1S/C19H23N3O2/c1-12-15-9-14(19(15,2)3)10-16(12)24-18(23)13-5-6-17(20-11-13)22-8-4-7-21-22/h4-8,11-12,14-16H,9-10H2,1-3H3/t12-,14+,15+,16+/m0/s1. The van der Waals surface area contributed by atoms with Crippen molar-refractivity contribution < 1.29 is 9.53 Å². The molecule has 126 valence electrons. The smallest absolute Gasteiger partial charge is 0.339 e. The summed E-state index contributed by atoms with van der Waals surface area (Å²) >= 11 is 0. The van der Waals surface area contributed by atoms with Gasteiger partial charge in [-0.25, -0.2) is 14.5 Å². The number of hydrogen-bond acceptors (Lipinski definition) is 4. The molecular formula is C19H23N3O2. The van der Waals surface area contributed by atoms with Crippen LogP contribution in [0.1, 0.15) is 44.0 Å². The van der Waals surface area contributed by atoms with Gasteiger partial charge in [-0.15, -0.1) is 0 Å². The van der Waals surface area contributed by atoms with E-state index in [-0.39, 0.29) is 12.1 Å². The Morgan fingerprint density at radius 2 is 2.17 bits per heavy atom. The highest BCUT2D eigenvalue weighted by atomic mass is 16.5. The highest BCUT2D eigenvalue weighted by Crippen LogP contribution is 2.61. The zero-order valence-electron chi connectivity index (χ0n) is 14.3. The first-order chi connectivity index (χ1) is 11.5. The van der Waals surface area contributed by atoms with Crippen molar-refractivity contribution in [3.05, 3.63) is 42.4 Å². The van der Waals surface area contributed by atoms with Crippen LogP contribution in [0.2, 0.25) is 0 Å². The number of fused-ring (bicyclic) bond motifs is 2. The van der Waals surface area contributed by atoms with Crippen LogP contribution in [0.15, 0.2) is 36.8 Å². The Morgan fingerprint density at radius 3 is 2.75 bits per heavy atom. The third-order valence-electron chi connectivity index (χ3n) is 6.27. The van der Waals surface area contributed by atoms with E-state index >= 15 is 0 Å². The largest absolute Gasteiger partial charge is 0.458 e. The highest BCUT2D eigenvalue weighted by molar-refractivity contribution is 5.89. The van der Waals surface area contributed by atoms with Crippen molar-refractivity contribution >= 4 is 5.97 Å². The number of rotatable bonds is 3. The van der Waals surface area contributed by atoms with Crippen LogP contribution in [0.25, 0.3) is 5.82 Å². The quantitative estimate of drug-likeness (QED) is 0.811. The zero-order valence-corrected chi connectivity index (χ0v) is 14.3. The Hall–Kier alpha value is -2.17. The summed E-state index contributed by atoms with van der Waals surface area (Å²) in [5.74, 6) is 2.17. The van der Waals surface area contributed by atoms with Gasteiger partial charge in [0.25, 0.3) is 0 Å². The number of carbonyl (C=O) groups excluding carboxylic acids is 1. The fourth-order valence-electron chi connectivity index (χ4n) is 4.51. The van der Waals surface area contributed by atoms with Gasteiger partial charge in [-0.05, 0) is 54.2 Å². The molecule has 2 aromatic rings. The summed E-state index contributed by atoms with van der Waals surface area (Å²) < 4.78 is 7.47. The second-order valence-electron chi connectivity index (χ2n) is 7.75. The van der Waals surface area contributed by atoms with E-state index in [0.29, 0.717) is 34.6 Å². The van der Waals surface area contributed by atoms with Crippen LogP contribution >= 0.6 is 0 Å². The van der Waals surface area contributed by atoms with Gasteiger partial charge in [-0.3, -0.25) is 0 Å². The van der Waals surface area contributed by atoms with Gasteiger partial charge in [-0.2, -0.15) is 5.10 Å². The Morgan fingerprint density at radius 1 is 1.33 bits per heavy atom. The van der Waals surface area contributed by atoms with E-state index in [9.17, 15) is 4.79 Å². The maximum absolute atomic E-state index is 12.5. The van der Waals surface area contributed by atoms with Gasteiger partial charge in [-0.1, -0.05) is 20.8 Å². The number of pyridine rings is 1. The van der Waals surface area contributed by atoms with Crippen LogP contribution in [0, 0.1) is 23.2 Å². The Balaban J connectivity index is 1.44. The number of aromatic nitrogens is 3. The zero-order chi connectivity index (χ0) is 16.9. The van der Waals surface area contributed by atoms with Crippen LogP contribution in [0.3, 0.4) is 0 Å². The van der Waals surface area contributed by atoms with E-state index in [1.54, 1.807) is 29.2 Å². The van der Waals surface area contributed by atoms with Gasteiger partial charge >= 0.3 is 5.97 Å². The fourth-order valence-corrected chi connectivity index (χ4v) is 4.51. The summed E-state index contributed by atoms with van der Waals surface area (Å²) in [4.78, 5) is 16.8. The van der Waals surface area contributed by atoms with Gasteiger partial charge in [0.2, 0.25) is 0 Å². The SMILES string of the molecule is C[C@H]1[C@H]2C[C@H](C[C@H]1OC(=O)c1ccc(-n3cccn3)nc1)C2(C)C. The lowest BCUT2D eigenvalue weighted by Crippen LogP contribution is -2.57. The summed E-state index contributed by atoms with van der Waals surface area (Å²) in [7, 11) is 0. The van der Waals surface area contributed by atoms with Gasteiger partial charge < -0.3 is 4.74 Å². The normalized spacial score (nSPS) is 30.5. The van der Waals surface area contributed by atoms with Gasteiger partial charge in [0.1, 0.15) is 6.10 Å². The van der Waals surface area contributed by atoms with Gasteiger partial charge in [0.15, 0.2) is 5.82 Å². The molecule has 2 heterocycles. The van der Waals surface area contributed by atoms with Crippen LogP contribution < -0.4 is 0 Å². The molecule has 3 saturated carbocycles. The van der Waals surface area contributed by atoms with Crippen molar-refractivity contribution in [1.82, 2.24) is 14.8 Å². The molecule has 5 heteroatoms. The minimum absolute atomic E-state index is 0.0278. The molecule has 0 saturated heterocycles. The number of esters is 1. The predicted octanol–water partition coefficient (Wildman–Crippen LogP) is 3.49. The first kappa shape index (κ1) is 15.4. The van der Waals surface area contributed by atoms with E-state index < -0.39 is 0 Å². The molecule has 0 aliphatic heterocycles. The Bertz CT molecular complexity index is 736. The van der Waals surface area contributed by atoms with Crippen molar-refractivity contribution in [1.29, 1.82) is 0 Å². The number of hydrogen-bond donors (Lipinski definition) is 0. The van der Waals surface area contributed by atoms with E-state index in [1.807, 2.05) is 12.3 Å². The minimum atomic E-state index is -0.273. The molecule has 5 nitrogen and oxygen atoms in total. The molecule has 0 N–H and O–H groups in total. The lowest BCUT2D eigenvalue weighted by Gasteiger charge is -2.61. The summed E-state index contributed by atoms with van der Waals surface area (Å²) in [6.07, 6.45) is 7.37. The maximum atomic E-state index is 12.5. The van der Waals surface area contributed by atoms with E-state index in [0.717, 1.165) is 6.42 Å². The lowest BCUT2D eigenvalue weighted by atomic mass is 9.45. The Kier molecular flexibility index (Phi) is 3.48. The van der Waals surface area contributed by atoms with Crippen molar-refractivity contribution in [2.75, 3.05) is 0 Å². The molecule has 2 aromatic heterocycles. The summed E-state index contributed by atoms with van der Waals surface area (Å²) in [5.41, 5.74) is 0.895. The average molecular weight is 325 g/mol. The van der Waals surface area contributed by atoms with E-state index in [2.05, 4.69) is 30.9 Å². The van der Waals surface area contributed by atoms with Crippen molar-refractivity contribution in [2.24, 2.45) is 23.2 Å². The lowest BCUT2D eigenvalue weighted by molar-refractivity contribution is -0.156. The summed E-state index contributed by atoms with van der Waals surface area (Å²) in [6, 6.07) is 5.38. The monoisotopic (exact) mass is 325 g/mol. The van der Waals surface area contributed by atoms with Crippen molar-refractivity contribution in [2.45, 2.75) is 39.7 Å². The predicted molar refractivity (Wildman–Crippen MR) is 89.7 cm³/mol.